The third kappa shape index (κ3) is 2.51. The number of amides is 1. The van der Waals surface area contributed by atoms with Gasteiger partial charge in [0.1, 0.15) is 17.8 Å². The van der Waals surface area contributed by atoms with Crippen LogP contribution in [0.15, 0.2) is 54.9 Å². The molecule has 5 rings (SSSR count). The molecule has 0 fully saturated rings. The number of nitrogens with two attached hydrogens (primary N) is 2. The van der Waals surface area contributed by atoms with Gasteiger partial charge in [0.05, 0.1) is 11.4 Å². The summed E-state index contributed by atoms with van der Waals surface area (Å²) in [7, 11) is 0. The SMILES string of the molecule is NC(=O)c1ccc(-c2nn(C3Cc4ccccc4C3)c3ncnc(N)c23)cc1. The predicted molar refractivity (Wildman–Crippen MR) is 107 cm³/mol. The molecule has 0 aliphatic heterocycles. The van der Waals surface area contributed by atoms with Crippen LogP contribution in [0.1, 0.15) is 27.5 Å². The Morgan fingerprint density at radius 2 is 1.68 bits per heavy atom. The van der Waals surface area contributed by atoms with E-state index in [4.69, 9.17) is 16.6 Å². The van der Waals surface area contributed by atoms with Crippen LogP contribution in [0.2, 0.25) is 0 Å². The van der Waals surface area contributed by atoms with Gasteiger partial charge >= 0.3 is 0 Å². The highest BCUT2D eigenvalue weighted by atomic mass is 16.1. The molecule has 4 N–H and O–H groups in total. The van der Waals surface area contributed by atoms with Crippen LogP contribution >= 0.6 is 0 Å². The van der Waals surface area contributed by atoms with Gasteiger partial charge in [-0.15, -0.1) is 0 Å². The maximum absolute atomic E-state index is 11.4. The van der Waals surface area contributed by atoms with Crippen LogP contribution in [0.5, 0.6) is 0 Å². The Morgan fingerprint density at radius 1 is 1.00 bits per heavy atom. The van der Waals surface area contributed by atoms with Gasteiger partial charge in [-0.1, -0.05) is 36.4 Å². The van der Waals surface area contributed by atoms with E-state index in [1.807, 2.05) is 16.8 Å². The highest BCUT2D eigenvalue weighted by Gasteiger charge is 2.27. The van der Waals surface area contributed by atoms with Crippen LogP contribution < -0.4 is 11.5 Å². The standard InChI is InChI=1S/C21H18N6O/c22-19-17-18(12-5-7-13(8-6-12)20(23)28)26-27(21(17)25-11-24-19)16-9-14-3-1-2-4-15(14)10-16/h1-8,11,16H,9-10H2,(H2,23,28)(H2,22,24,25). The van der Waals surface area contributed by atoms with Crippen LogP contribution in [0, 0.1) is 0 Å². The quantitative estimate of drug-likeness (QED) is 0.575. The van der Waals surface area contributed by atoms with Crippen molar-refractivity contribution < 1.29 is 4.79 Å². The number of nitrogens with zero attached hydrogens (tertiary/aromatic N) is 4. The number of carbonyl (C=O) groups excluding carboxylic acids is 1. The van der Waals surface area contributed by atoms with Crippen LogP contribution in [0.4, 0.5) is 5.82 Å². The van der Waals surface area contributed by atoms with Crippen molar-refractivity contribution in [3.8, 4) is 11.3 Å². The molecule has 1 aliphatic rings. The van der Waals surface area contributed by atoms with Gasteiger partial charge in [-0.3, -0.25) is 4.79 Å². The van der Waals surface area contributed by atoms with Crippen molar-refractivity contribution in [1.29, 1.82) is 0 Å². The second-order valence-corrected chi connectivity index (χ2v) is 7.02. The van der Waals surface area contributed by atoms with Crippen molar-refractivity contribution in [2.45, 2.75) is 18.9 Å². The van der Waals surface area contributed by atoms with E-state index < -0.39 is 5.91 Å². The van der Waals surface area contributed by atoms with Crippen molar-refractivity contribution in [2.75, 3.05) is 5.73 Å². The van der Waals surface area contributed by atoms with E-state index in [0.29, 0.717) is 17.1 Å². The summed E-state index contributed by atoms with van der Waals surface area (Å²) in [4.78, 5) is 20.0. The minimum absolute atomic E-state index is 0.174. The van der Waals surface area contributed by atoms with Gasteiger partial charge in [-0.2, -0.15) is 5.10 Å². The number of fused-ring (bicyclic) bond motifs is 2. The molecule has 2 aromatic heterocycles. The summed E-state index contributed by atoms with van der Waals surface area (Å²) in [5, 5.41) is 5.61. The van der Waals surface area contributed by atoms with E-state index in [-0.39, 0.29) is 6.04 Å². The predicted octanol–water partition coefficient (Wildman–Crippen LogP) is 2.51. The molecule has 7 nitrogen and oxygen atoms in total. The molecule has 28 heavy (non-hydrogen) atoms. The first kappa shape index (κ1) is 16.4. The summed E-state index contributed by atoms with van der Waals surface area (Å²) >= 11 is 0. The number of anilines is 1. The second-order valence-electron chi connectivity index (χ2n) is 7.02. The van der Waals surface area contributed by atoms with Crippen molar-refractivity contribution in [3.63, 3.8) is 0 Å². The van der Waals surface area contributed by atoms with E-state index in [1.54, 1.807) is 12.1 Å². The Morgan fingerprint density at radius 3 is 2.32 bits per heavy atom. The highest BCUT2D eigenvalue weighted by Crippen LogP contribution is 2.36. The van der Waals surface area contributed by atoms with E-state index in [1.165, 1.54) is 17.5 Å². The van der Waals surface area contributed by atoms with E-state index in [2.05, 4.69) is 34.2 Å². The van der Waals surface area contributed by atoms with Crippen LogP contribution in [-0.2, 0) is 12.8 Å². The minimum atomic E-state index is -0.464. The lowest BCUT2D eigenvalue weighted by molar-refractivity contribution is 0.100. The van der Waals surface area contributed by atoms with Crippen molar-refractivity contribution in [3.05, 3.63) is 71.5 Å². The highest BCUT2D eigenvalue weighted by molar-refractivity contribution is 5.99. The molecule has 0 saturated carbocycles. The average molecular weight is 370 g/mol. The second kappa shape index (κ2) is 6.16. The third-order valence-corrected chi connectivity index (χ3v) is 5.34. The molecule has 0 atom stereocenters. The lowest BCUT2D eigenvalue weighted by Crippen LogP contribution is -2.11. The average Bonchev–Trinajstić information content (AvgIpc) is 3.30. The Kier molecular flexibility index (Phi) is 3.61. The fourth-order valence-electron chi connectivity index (χ4n) is 3.95. The van der Waals surface area contributed by atoms with Gasteiger partial charge in [-0.05, 0) is 36.1 Å². The summed E-state index contributed by atoms with van der Waals surface area (Å²) in [5.74, 6) is -0.0748. The molecule has 0 spiro atoms. The van der Waals surface area contributed by atoms with Crippen LogP contribution in [0.25, 0.3) is 22.3 Å². The molecule has 0 unspecified atom stereocenters. The Balaban J connectivity index is 1.64. The number of benzene rings is 2. The van der Waals surface area contributed by atoms with E-state index in [0.717, 1.165) is 29.4 Å². The number of primary amides is 1. The summed E-state index contributed by atoms with van der Waals surface area (Å²) in [6.45, 7) is 0. The number of hydrogen-bond donors (Lipinski definition) is 2. The molecular formula is C21H18N6O. The summed E-state index contributed by atoms with van der Waals surface area (Å²) < 4.78 is 1.96. The van der Waals surface area contributed by atoms with Crippen LogP contribution in [-0.4, -0.2) is 25.7 Å². The number of nitrogen functional groups attached to an aromatic ring is 1. The molecule has 2 aromatic carbocycles. The monoisotopic (exact) mass is 370 g/mol. The number of aromatic nitrogens is 4. The molecule has 0 saturated heterocycles. The lowest BCUT2D eigenvalue weighted by Gasteiger charge is -2.10. The Bertz CT molecular complexity index is 1190. The van der Waals surface area contributed by atoms with E-state index in [9.17, 15) is 4.79 Å². The van der Waals surface area contributed by atoms with Crippen molar-refractivity contribution >= 4 is 22.8 Å². The first-order chi connectivity index (χ1) is 13.6. The fraction of sp³-hybridized carbons (Fsp3) is 0.143. The van der Waals surface area contributed by atoms with Crippen LogP contribution in [0.3, 0.4) is 0 Å². The van der Waals surface area contributed by atoms with Gasteiger partial charge in [0, 0.05) is 11.1 Å². The third-order valence-electron chi connectivity index (χ3n) is 5.34. The minimum Gasteiger partial charge on any atom is -0.383 e. The molecule has 0 radical (unpaired) electrons. The molecule has 0 bridgehead atoms. The van der Waals surface area contributed by atoms with Gasteiger partial charge in [0.15, 0.2) is 5.65 Å². The number of carbonyl (C=O) groups is 1. The van der Waals surface area contributed by atoms with Gasteiger partial charge in [0.25, 0.3) is 0 Å². The molecular weight excluding hydrogens is 352 g/mol. The zero-order valence-corrected chi connectivity index (χ0v) is 15.0. The summed E-state index contributed by atoms with van der Waals surface area (Å²) in [6.07, 6.45) is 3.27. The molecule has 138 valence electrons. The largest absolute Gasteiger partial charge is 0.383 e. The Labute approximate surface area is 161 Å². The fourth-order valence-corrected chi connectivity index (χ4v) is 3.95. The first-order valence-corrected chi connectivity index (χ1v) is 9.07. The summed E-state index contributed by atoms with van der Waals surface area (Å²) in [6, 6.07) is 15.6. The Hall–Kier alpha value is -3.74. The van der Waals surface area contributed by atoms with Crippen molar-refractivity contribution in [1.82, 2.24) is 19.7 Å². The molecule has 4 aromatic rings. The molecule has 1 amide bonds. The number of hydrogen-bond acceptors (Lipinski definition) is 5. The summed E-state index contributed by atoms with van der Waals surface area (Å²) in [5.41, 5.74) is 16.9. The van der Waals surface area contributed by atoms with Gasteiger partial charge < -0.3 is 11.5 Å². The smallest absolute Gasteiger partial charge is 0.248 e. The maximum atomic E-state index is 11.4. The molecule has 2 heterocycles. The van der Waals surface area contributed by atoms with Crippen molar-refractivity contribution in [2.24, 2.45) is 5.73 Å². The van der Waals surface area contributed by atoms with Gasteiger partial charge in [-0.25, -0.2) is 14.6 Å². The normalized spacial score (nSPS) is 13.7. The van der Waals surface area contributed by atoms with E-state index >= 15 is 0 Å². The zero-order valence-electron chi connectivity index (χ0n) is 15.0. The lowest BCUT2D eigenvalue weighted by atomic mass is 10.1. The number of rotatable bonds is 3. The molecule has 7 heteroatoms. The topological polar surface area (TPSA) is 113 Å². The molecule has 1 aliphatic carbocycles. The van der Waals surface area contributed by atoms with Gasteiger partial charge in [0.2, 0.25) is 5.91 Å². The zero-order chi connectivity index (χ0) is 19.3. The maximum Gasteiger partial charge on any atom is 0.248 e. The first-order valence-electron chi connectivity index (χ1n) is 9.07.